The van der Waals surface area contributed by atoms with Gasteiger partial charge in [0.1, 0.15) is 6.61 Å². The van der Waals surface area contributed by atoms with Crippen molar-refractivity contribution >= 4 is 17.0 Å². The van der Waals surface area contributed by atoms with E-state index in [-0.39, 0.29) is 11.7 Å². The SMILES string of the molecule is Cc1ccc2[nH]c(=O)c(CN3CCN4C(=O)OCC4(Cc4ccccc4)C3)cc2c1. The number of benzene rings is 2. The molecule has 2 aliphatic heterocycles. The lowest BCUT2D eigenvalue weighted by molar-refractivity contribution is 0.0475. The molecule has 2 aromatic carbocycles. The molecule has 1 amide bonds. The molecule has 0 radical (unpaired) electrons. The predicted octanol–water partition coefficient (Wildman–Crippen LogP) is 3.09. The maximum absolute atomic E-state index is 12.7. The number of hydrogen-bond acceptors (Lipinski definition) is 4. The molecule has 1 unspecified atom stereocenters. The molecule has 2 saturated heterocycles. The van der Waals surface area contributed by atoms with Gasteiger partial charge in [0, 0.05) is 43.7 Å². The highest BCUT2D eigenvalue weighted by Gasteiger charge is 2.50. The third-order valence-electron chi connectivity index (χ3n) is 6.26. The lowest BCUT2D eigenvalue weighted by atomic mass is 9.88. The summed E-state index contributed by atoms with van der Waals surface area (Å²) in [5, 5.41) is 1.04. The molecule has 5 rings (SSSR count). The van der Waals surface area contributed by atoms with Gasteiger partial charge in [0.25, 0.3) is 5.56 Å². The molecule has 0 bridgehead atoms. The first-order valence-corrected chi connectivity index (χ1v) is 10.4. The summed E-state index contributed by atoms with van der Waals surface area (Å²) in [6.45, 7) is 4.99. The summed E-state index contributed by atoms with van der Waals surface area (Å²) >= 11 is 0. The number of nitrogens with zero attached hydrogens (tertiary/aromatic N) is 2. The van der Waals surface area contributed by atoms with Crippen molar-refractivity contribution in [2.75, 3.05) is 26.2 Å². The molecule has 0 saturated carbocycles. The van der Waals surface area contributed by atoms with Crippen LogP contribution in [-0.2, 0) is 17.7 Å². The lowest BCUT2D eigenvalue weighted by Gasteiger charge is -2.44. The Morgan fingerprint density at radius 2 is 1.90 bits per heavy atom. The third-order valence-corrected chi connectivity index (χ3v) is 6.26. The Kier molecular flexibility index (Phi) is 4.59. The van der Waals surface area contributed by atoms with Gasteiger partial charge in [0.15, 0.2) is 0 Å². The summed E-state index contributed by atoms with van der Waals surface area (Å²) in [5.41, 5.74) is 3.51. The number of aryl methyl sites for hydroxylation is 1. The van der Waals surface area contributed by atoms with Crippen molar-refractivity contribution in [3.63, 3.8) is 0 Å². The number of hydrogen-bond donors (Lipinski definition) is 1. The smallest absolute Gasteiger partial charge is 0.410 e. The molecule has 30 heavy (non-hydrogen) atoms. The van der Waals surface area contributed by atoms with E-state index in [4.69, 9.17) is 4.74 Å². The van der Waals surface area contributed by atoms with E-state index < -0.39 is 5.54 Å². The Morgan fingerprint density at radius 3 is 2.73 bits per heavy atom. The largest absolute Gasteiger partial charge is 0.447 e. The number of H-pyrrole nitrogens is 1. The Morgan fingerprint density at radius 1 is 1.07 bits per heavy atom. The van der Waals surface area contributed by atoms with Gasteiger partial charge in [0.2, 0.25) is 0 Å². The molecule has 0 spiro atoms. The van der Waals surface area contributed by atoms with Crippen LogP contribution in [0, 0.1) is 6.92 Å². The van der Waals surface area contributed by atoms with Crippen molar-refractivity contribution in [2.45, 2.75) is 25.4 Å². The standard InChI is InChI=1S/C24H25N3O3/c1-17-7-8-21-19(11-17)12-20(22(28)25-21)14-26-9-10-27-23(29)30-16-24(27,15-26)13-18-5-3-2-4-6-18/h2-8,11-12H,9-10,13-16H2,1H3,(H,25,28). The first kappa shape index (κ1) is 18.9. The zero-order valence-electron chi connectivity index (χ0n) is 17.1. The van der Waals surface area contributed by atoms with Gasteiger partial charge in [0.05, 0.1) is 5.54 Å². The van der Waals surface area contributed by atoms with E-state index in [2.05, 4.69) is 28.1 Å². The van der Waals surface area contributed by atoms with Crippen molar-refractivity contribution in [1.29, 1.82) is 0 Å². The highest BCUT2D eigenvalue weighted by Crippen LogP contribution is 2.32. The molecule has 1 aromatic heterocycles. The van der Waals surface area contributed by atoms with E-state index in [1.807, 2.05) is 48.2 Å². The number of piperazine rings is 1. The molecule has 6 nitrogen and oxygen atoms in total. The van der Waals surface area contributed by atoms with Crippen LogP contribution >= 0.6 is 0 Å². The monoisotopic (exact) mass is 403 g/mol. The fourth-order valence-electron chi connectivity index (χ4n) is 4.78. The Labute approximate surface area is 175 Å². The second-order valence-electron chi connectivity index (χ2n) is 8.52. The van der Waals surface area contributed by atoms with Gasteiger partial charge in [-0.1, -0.05) is 42.0 Å². The predicted molar refractivity (Wildman–Crippen MR) is 116 cm³/mol. The highest BCUT2D eigenvalue weighted by molar-refractivity contribution is 5.79. The number of rotatable bonds is 4. The second kappa shape index (κ2) is 7.29. The number of nitrogens with one attached hydrogen (secondary N) is 1. The quantitative estimate of drug-likeness (QED) is 0.727. The van der Waals surface area contributed by atoms with E-state index in [0.717, 1.165) is 35.0 Å². The molecular formula is C24H25N3O3. The Bertz CT molecular complexity index is 1160. The fourth-order valence-corrected chi connectivity index (χ4v) is 4.78. The van der Waals surface area contributed by atoms with E-state index in [9.17, 15) is 9.59 Å². The minimum Gasteiger partial charge on any atom is -0.447 e. The zero-order valence-corrected chi connectivity index (χ0v) is 17.1. The summed E-state index contributed by atoms with van der Waals surface area (Å²) in [4.78, 5) is 32.2. The van der Waals surface area contributed by atoms with Gasteiger partial charge in [-0.05, 0) is 36.1 Å². The summed E-state index contributed by atoms with van der Waals surface area (Å²) in [6.07, 6.45) is 0.508. The molecule has 154 valence electrons. The number of carbonyl (C=O) groups excluding carboxylic acids is 1. The molecule has 1 N–H and O–H groups in total. The van der Waals surface area contributed by atoms with Crippen molar-refractivity contribution in [1.82, 2.24) is 14.8 Å². The number of amides is 1. The molecule has 3 heterocycles. The third kappa shape index (κ3) is 3.37. The maximum Gasteiger partial charge on any atom is 0.410 e. The van der Waals surface area contributed by atoms with Crippen LogP contribution in [0.5, 0.6) is 0 Å². The Hall–Kier alpha value is -3.12. The maximum atomic E-state index is 12.7. The molecule has 1 atom stereocenters. The molecule has 6 heteroatoms. The summed E-state index contributed by atoms with van der Waals surface area (Å²) < 4.78 is 5.46. The van der Waals surface area contributed by atoms with E-state index in [1.165, 1.54) is 5.56 Å². The van der Waals surface area contributed by atoms with Crippen molar-refractivity contribution in [3.05, 3.63) is 81.6 Å². The van der Waals surface area contributed by atoms with Crippen LogP contribution in [0.15, 0.2) is 59.4 Å². The summed E-state index contributed by atoms with van der Waals surface area (Å²) in [5.74, 6) is 0. The fraction of sp³-hybridized carbons (Fsp3) is 0.333. The highest BCUT2D eigenvalue weighted by atomic mass is 16.6. The topological polar surface area (TPSA) is 65.6 Å². The number of ether oxygens (including phenoxy) is 1. The van der Waals surface area contributed by atoms with Crippen molar-refractivity contribution in [3.8, 4) is 0 Å². The minimum atomic E-state index is -0.392. The number of cyclic esters (lactones) is 1. The zero-order chi connectivity index (χ0) is 20.7. The number of fused-ring (bicyclic) bond motifs is 2. The van der Waals surface area contributed by atoms with E-state index in [0.29, 0.717) is 26.2 Å². The van der Waals surface area contributed by atoms with Crippen LogP contribution in [0.25, 0.3) is 10.9 Å². The van der Waals surface area contributed by atoms with Crippen LogP contribution < -0.4 is 5.56 Å². The molecular weight excluding hydrogens is 378 g/mol. The van der Waals surface area contributed by atoms with Crippen molar-refractivity contribution in [2.24, 2.45) is 0 Å². The van der Waals surface area contributed by atoms with Gasteiger partial charge in [-0.25, -0.2) is 4.79 Å². The van der Waals surface area contributed by atoms with Crippen LogP contribution in [0.3, 0.4) is 0 Å². The van der Waals surface area contributed by atoms with Gasteiger partial charge in [-0.15, -0.1) is 0 Å². The number of aromatic amines is 1. The van der Waals surface area contributed by atoms with Crippen LogP contribution in [-0.4, -0.2) is 52.7 Å². The van der Waals surface area contributed by atoms with E-state index >= 15 is 0 Å². The second-order valence-corrected chi connectivity index (χ2v) is 8.52. The lowest BCUT2D eigenvalue weighted by Crippen LogP contribution is -2.62. The molecule has 2 fully saturated rings. The normalized spacial score (nSPS) is 21.6. The van der Waals surface area contributed by atoms with Gasteiger partial charge in [-0.3, -0.25) is 14.6 Å². The first-order valence-electron chi connectivity index (χ1n) is 10.4. The number of carbonyl (C=O) groups is 1. The number of pyridine rings is 1. The van der Waals surface area contributed by atoms with Crippen LogP contribution in [0.1, 0.15) is 16.7 Å². The summed E-state index contributed by atoms with van der Waals surface area (Å²) in [6, 6.07) is 18.2. The number of aromatic nitrogens is 1. The first-order chi connectivity index (χ1) is 14.5. The van der Waals surface area contributed by atoms with Gasteiger partial charge < -0.3 is 9.72 Å². The average Bonchev–Trinajstić information content (AvgIpc) is 3.05. The summed E-state index contributed by atoms with van der Waals surface area (Å²) in [7, 11) is 0. The molecule has 3 aromatic rings. The molecule has 0 aliphatic carbocycles. The molecule has 2 aliphatic rings. The van der Waals surface area contributed by atoms with Crippen LogP contribution in [0.2, 0.25) is 0 Å². The van der Waals surface area contributed by atoms with Gasteiger partial charge in [-0.2, -0.15) is 0 Å². The van der Waals surface area contributed by atoms with Gasteiger partial charge >= 0.3 is 6.09 Å². The Balaban J connectivity index is 1.42. The van der Waals surface area contributed by atoms with E-state index in [1.54, 1.807) is 0 Å². The minimum absolute atomic E-state index is 0.0513. The van der Waals surface area contributed by atoms with Crippen molar-refractivity contribution < 1.29 is 9.53 Å². The van der Waals surface area contributed by atoms with Crippen LogP contribution in [0.4, 0.5) is 4.79 Å². The average molecular weight is 403 g/mol.